The summed E-state index contributed by atoms with van der Waals surface area (Å²) in [6.45, 7) is 6.60. The zero-order chi connectivity index (χ0) is 9.84. The average molecular weight is 181 g/mol. The van der Waals surface area contributed by atoms with E-state index in [1.54, 1.807) is 13.0 Å². The molecule has 0 aliphatic rings. The number of rotatable bonds is 3. The van der Waals surface area contributed by atoms with E-state index in [1.165, 1.54) is 0 Å². The van der Waals surface area contributed by atoms with Crippen LogP contribution in [0.1, 0.15) is 19.7 Å². The summed E-state index contributed by atoms with van der Waals surface area (Å²) in [7, 11) is 0. The third kappa shape index (κ3) is 3.27. The van der Waals surface area contributed by atoms with Gasteiger partial charge < -0.3 is 10.5 Å². The van der Waals surface area contributed by atoms with Gasteiger partial charge in [-0.1, -0.05) is 13.8 Å². The smallest absolute Gasteiger partial charge is 0.218 e. The lowest BCUT2D eigenvalue weighted by Gasteiger charge is -2.08. The lowest BCUT2D eigenvalue weighted by Crippen LogP contribution is -2.07. The second kappa shape index (κ2) is 4.07. The SMILES string of the molecule is Cc1nc(N)cc(OCC(C)C)n1. The van der Waals surface area contributed by atoms with E-state index >= 15 is 0 Å². The number of hydrogen-bond acceptors (Lipinski definition) is 4. The van der Waals surface area contributed by atoms with Gasteiger partial charge in [0.1, 0.15) is 11.6 Å². The van der Waals surface area contributed by atoms with E-state index in [0.717, 1.165) is 0 Å². The Hall–Kier alpha value is -1.32. The summed E-state index contributed by atoms with van der Waals surface area (Å²) in [5.41, 5.74) is 5.53. The Balaban J connectivity index is 2.66. The summed E-state index contributed by atoms with van der Waals surface area (Å²) in [4.78, 5) is 8.04. The molecule has 0 spiro atoms. The Kier molecular flexibility index (Phi) is 3.06. The van der Waals surface area contributed by atoms with E-state index in [0.29, 0.717) is 30.0 Å². The molecule has 0 saturated carbocycles. The van der Waals surface area contributed by atoms with Crippen molar-refractivity contribution in [2.75, 3.05) is 12.3 Å². The maximum absolute atomic E-state index is 5.53. The first-order valence-corrected chi connectivity index (χ1v) is 4.32. The standard InChI is InChI=1S/C9H15N3O/c1-6(2)5-13-9-4-8(10)11-7(3)12-9/h4,6H,5H2,1-3H3,(H2,10,11,12). The fourth-order valence-corrected chi connectivity index (χ4v) is 0.888. The molecule has 0 radical (unpaired) electrons. The van der Waals surface area contributed by atoms with Crippen LogP contribution in [0.15, 0.2) is 6.07 Å². The lowest BCUT2D eigenvalue weighted by atomic mass is 10.2. The summed E-state index contributed by atoms with van der Waals surface area (Å²) in [6.07, 6.45) is 0. The van der Waals surface area contributed by atoms with Crippen molar-refractivity contribution in [2.24, 2.45) is 5.92 Å². The Morgan fingerprint density at radius 2 is 2.15 bits per heavy atom. The summed E-state index contributed by atoms with van der Waals surface area (Å²) in [6, 6.07) is 1.63. The normalized spacial score (nSPS) is 10.5. The summed E-state index contributed by atoms with van der Waals surface area (Å²) < 4.78 is 5.40. The Bertz CT molecular complexity index is 266. The highest BCUT2D eigenvalue weighted by Crippen LogP contribution is 2.11. The number of nitrogen functional groups attached to an aromatic ring is 1. The molecule has 0 amide bonds. The van der Waals surface area contributed by atoms with Crippen LogP contribution in [0.5, 0.6) is 5.88 Å². The highest BCUT2D eigenvalue weighted by atomic mass is 16.5. The zero-order valence-electron chi connectivity index (χ0n) is 8.24. The van der Waals surface area contributed by atoms with Gasteiger partial charge in [-0.05, 0) is 12.8 Å². The van der Waals surface area contributed by atoms with Crippen LogP contribution < -0.4 is 10.5 Å². The molecule has 0 aliphatic carbocycles. The van der Waals surface area contributed by atoms with Gasteiger partial charge in [-0.2, -0.15) is 4.98 Å². The third-order valence-corrected chi connectivity index (χ3v) is 1.40. The third-order valence-electron chi connectivity index (χ3n) is 1.40. The van der Waals surface area contributed by atoms with Crippen LogP contribution in [0.25, 0.3) is 0 Å². The molecule has 13 heavy (non-hydrogen) atoms. The molecule has 0 saturated heterocycles. The molecule has 1 aromatic heterocycles. The van der Waals surface area contributed by atoms with Crippen molar-refractivity contribution in [3.63, 3.8) is 0 Å². The van der Waals surface area contributed by atoms with Crippen molar-refractivity contribution in [3.8, 4) is 5.88 Å². The van der Waals surface area contributed by atoms with E-state index in [-0.39, 0.29) is 0 Å². The van der Waals surface area contributed by atoms with Crippen molar-refractivity contribution >= 4 is 5.82 Å². The molecule has 0 aromatic carbocycles. The highest BCUT2D eigenvalue weighted by molar-refractivity contribution is 5.32. The first-order chi connectivity index (χ1) is 6.08. The first kappa shape index (κ1) is 9.77. The summed E-state index contributed by atoms with van der Waals surface area (Å²) in [5.74, 6) is 2.13. The predicted molar refractivity (Wildman–Crippen MR) is 51.5 cm³/mol. The molecule has 2 N–H and O–H groups in total. The number of anilines is 1. The molecule has 1 aromatic rings. The van der Waals surface area contributed by atoms with E-state index in [4.69, 9.17) is 10.5 Å². The van der Waals surface area contributed by atoms with Gasteiger partial charge >= 0.3 is 0 Å². The van der Waals surface area contributed by atoms with Crippen molar-refractivity contribution in [1.82, 2.24) is 9.97 Å². The van der Waals surface area contributed by atoms with E-state index in [9.17, 15) is 0 Å². The van der Waals surface area contributed by atoms with E-state index in [1.807, 2.05) is 0 Å². The number of hydrogen-bond donors (Lipinski definition) is 1. The van der Waals surface area contributed by atoms with Crippen LogP contribution in [0.3, 0.4) is 0 Å². The van der Waals surface area contributed by atoms with E-state index < -0.39 is 0 Å². The van der Waals surface area contributed by atoms with Crippen LogP contribution in [0.4, 0.5) is 5.82 Å². The van der Waals surface area contributed by atoms with Crippen molar-refractivity contribution in [2.45, 2.75) is 20.8 Å². The van der Waals surface area contributed by atoms with Crippen molar-refractivity contribution in [1.29, 1.82) is 0 Å². The van der Waals surface area contributed by atoms with Crippen LogP contribution >= 0.6 is 0 Å². The van der Waals surface area contributed by atoms with Gasteiger partial charge in [0, 0.05) is 6.07 Å². The quantitative estimate of drug-likeness (QED) is 0.765. The molecular weight excluding hydrogens is 166 g/mol. The van der Waals surface area contributed by atoms with Gasteiger partial charge in [-0.25, -0.2) is 4.98 Å². The largest absolute Gasteiger partial charge is 0.477 e. The molecule has 0 unspecified atom stereocenters. The number of ether oxygens (including phenoxy) is 1. The van der Waals surface area contributed by atoms with Crippen LogP contribution in [-0.4, -0.2) is 16.6 Å². The van der Waals surface area contributed by atoms with Crippen LogP contribution in [-0.2, 0) is 0 Å². The Labute approximate surface area is 78.1 Å². The fourth-order valence-electron chi connectivity index (χ4n) is 0.888. The fraction of sp³-hybridized carbons (Fsp3) is 0.556. The second-order valence-electron chi connectivity index (χ2n) is 3.38. The molecule has 4 nitrogen and oxygen atoms in total. The summed E-state index contributed by atoms with van der Waals surface area (Å²) >= 11 is 0. The minimum Gasteiger partial charge on any atom is -0.477 e. The minimum absolute atomic E-state index is 0.450. The van der Waals surface area contributed by atoms with Gasteiger partial charge in [0.05, 0.1) is 6.61 Å². The molecule has 1 rings (SSSR count). The number of nitrogens with zero attached hydrogens (tertiary/aromatic N) is 2. The molecule has 72 valence electrons. The van der Waals surface area contributed by atoms with Crippen molar-refractivity contribution < 1.29 is 4.74 Å². The first-order valence-electron chi connectivity index (χ1n) is 4.32. The monoisotopic (exact) mass is 181 g/mol. The van der Waals surface area contributed by atoms with Crippen LogP contribution in [0, 0.1) is 12.8 Å². The number of nitrogens with two attached hydrogens (primary N) is 1. The molecule has 0 bridgehead atoms. The zero-order valence-corrected chi connectivity index (χ0v) is 8.24. The maximum Gasteiger partial charge on any atom is 0.218 e. The molecule has 0 atom stereocenters. The molecule has 0 fully saturated rings. The summed E-state index contributed by atoms with van der Waals surface area (Å²) in [5, 5.41) is 0. The van der Waals surface area contributed by atoms with Gasteiger partial charge in [0.25, 0.3) is 0 Å². The average Bonchev–Trinajstić information content (AvgIpc) is 1.99. The van der Waals surface area contributed by atoms with Crippen molar-refractivity contribution in [3.05, 3.63) is 11.9 Å². The van der Waals surface area contributed by atoms with Gasteiger partial charge in [0.2, 0.25) is 5.88 Å². The van der Waals surface area contributed by atoms with Crippen LogP contribution in [0.2, 0.25) is 0 Å². The number of aryl methyl sites for hydroxylation is 1. The van der Waals surface area contributed by atoms with E-state index in [2.05, 4.69) is 23.8 Å². The Morgan fingerprint density at radius 1 is 1.46 bits per heavy atom. The molecule has 4 heteroatoms. The Morgan fingerprint density at radius 3 is 2.69 bits per heavy atom. The second-order valence-corrected chi connectivity index (χ2v) is 3.38. The topological polar surface area (TPSA) is 61.0 Å². The van der Waals surface area contributed by atoms with Gasteiger partial charge in [-0.15, -0.1) is 0 Å². The highest BCUT2D eigenvalue weighted by Gasteiger charge is 2.01. The predicted octanol–water partition coefficient (Wildman–Crippen LogP) is 1.40. The lowest BCUT2D eigenvalue weighted by molar-refractivity contribution is 0.260. The molecular formula is C9H15N3O. The maximum atomic E-state index is 5.53. The molecule has 1 heterocycles. The van der Waals surface area contributed by atoms with Gasteiger partial charge in [-0.3, -0.25) is 0 Å². The number of aromatic nitrogens is 2. The van der Waals surface area contributed by atoms with Gasteiger partial charge in [0.15, 0.2) is 0 Å². The molecule has 0 aliphatic heterocycles. The minimum atomic E-state index is 0.450.